The monoisotopic (exact) mass is 263 g/mol. The Kier molecular flexibility index (Phi) is 3.99. The molecule has 1 saturated heterocycles. The SMILES string of the molecule is Cc1cc(N2CCCC2)c(F)cc1C=NN=C(N)N. The fraction of sp³-hybridized carbons (Fsp3) is 0.385. The molecule has 2 rings (SSSR count). The van der Waals surface area contributed by atoms with Gasteiger partial charge in [0.25, 0.3) is 0 Å². The van der Waals surface area contributed by atoms with Gasteiger partial charge >= 0.3 is 0 Å². The van der Waals surface area contributed by atoms with Crippen molar-refractivity contribution in [3.63, 3.8) is 0 Å². The van der Waals surface area contributed by atoms with Crippen LogP contribution in [0.1, 0.15) is 24.0 Å². The van der Waals surface area contributed by atoms with Gasteiger partial charge < -0.3 is 16.4 Å². The molecule has 0 aliphatic carbocycles. The van der Waals surface area contributed by atoms with E-state index < -0.39 is 0 Å². The van der Waals surface area contributed by atoms with Crippen LogP contribution < -0.4 is 16.4 Å². The lowest BCUT2D eigenvalue weighted by Gasteiger charge is -2.19. The molecule has 1 aromatic carbocycles. The molecule has 1 heterocycles. The molecule has 19 heavy (non-hydrogen) atoms. The molecule has 5 nitrogen and oxygen atoms in total. The van der Waals surface area contributed by atoms with Gasteiger partial charge in [0.2, 0.25) is 5.96 Å². The molecule has 4 N–H and O–H groups in total. The van der Waals surface area contributed by atoms with Gasteiger partial charge in [0.1, 0.15) is 5.82 Å². The minimum absolute atomic E-state index is 0.122. The molecule has 1 aliphatic rings. The van der Waals surface area contributed by atoms with Gasteiger partial charge in [0.05, 0.1) is 11.9 Å². The maximum atomic E-state index is 14.1. The molecule has 0 bridgehead atoms. The second kappa shape index (κ2) is 5.69. The molecule has 0 amide bonds. The van der Waals surface area contributed by atoms with Gasteiger partial charge in [-0.25, -0.2) is 4.39 Å². The number of nitrogens with zero attached hydrogens (tertiary/aromatic N) is 3. The summed E-state index contributed by atoms with van der Waals surface area (Å²) in [6.07, 6.45) is 3.68. The summed E-state index contributed by atoms with van der Waals surface area (Å²) in [5.74, 6) is -0.360. The standard InChI is InChI=1S/C13H18FN5/c1-9-6-12(19-4-2-3-5-19)11(14)7-10(9)8-17-18-13(15)16/h6-8H,2-5H2,1H3,(H4,15,16,18). The number of aryl methyl sites for hydroxylation is 1. The molecule has 0 unspecified atom stereocenters. The Hall–Kier alpha value is -2.11. The summed E-state index contributed by atoms with van der Waals surface area (Å²) in [5, 5.41) is 7.20. The Morgan fingerprint density at radius 3 is 2.63 bits per heavy atom. The van der Waals surface area contributed by atoms with Crippen molar-refractivity contribution in [2.75, 3.05) is 18.0 Å². The average molecular weight is 263 g/mol. The third kappa shape index (κ3) is 3.21. The summed E-state index contributed by atoms with van der Waals surface area (Å²) in [6, 6.07) is 3.31. The van der Waals surface area contributed by atoms with Gasteiger partial charge in [-0.1, -0.05) is 0 Å². The van der Waals surface area contributed by atoms with E-state index in [0.717, 1.165) is 31.5 Å². The van der Waals surface area contributed by atoms with Crippen LogP contribution in [0.4, 0.5) is 10.1 Å². The van der Waals surface area contributed by atoms with E-state index in [4.69, 9.17) is 11.5 Å². The zero-order chi connectivity index (χ0) is 13.8. The smallest absolute Gasteiger partial charge is 0.211 e. The van der Waals surface area contributed by atoms with Gasteiger partial charge in [-0.3, -0.25) is 0 Å². The fourth-order valence-corrected chi connectivity index (χ4v) is 2.18. The van der Waals surface area contributed by atoms with E-state index in [-0.39, 0.29) is 11.8 Å². The molecule has 0 radical (unpaired) electrons. The molecule has 102 valence electrons. The van der Waals surface area contributed by atoms with Gasteiger partial charge in [-0.05, 0) is 37.5 Å². The molecule has 0 spiro atoms. The summed E-state index contributed by atoms with van der Waals surface area (Å²) < 4.78 is 14.1. The summed E-state index contributed by atoms with van der Waals surface area (Å²) in [4.78, 5) is 2.07. The van der Waals surface area contributed by atoms with Crippen LogP contribution in [0.3, 0.4) is 0 Å². The van der Waals surface area contributed by atoms with E-state index in [1.807, 2.05) is 13.0 Å². The van der Waals surface area contributed by atoms with E-state index in [9.17, 15) is 4.39 Å². The van der Waals surface area contributed by atoms with Crippen molar-refractivity contribution in [2.45, 2.75) is 19.8 Å². The molecule has 1 aromatic rings. The lowest BCUT2D eigenvalue weighted by atomic mass is 10.1. The second-order valence-corrected chi connectivity index (χ2v) is 4.62. The first-order chi connectivity index (χ1) is 9.08. The van der Waals surface area contributed by atoms with Crippen LogP contribution in [-0.4, -0.2) is 25.3 Å². The largest absolute Gasteiger partial charge is 0.369 e. The molecule has 1 fully saturated rings. The molecule has 0 saturated carbocycles. The van der Waals surface area contributed by atoms with Gasteiger partial charge in [0, 0.05) is 18.7 Å². The Balaban J connectivity index is 2.26. The van der Waals surface area contributed by atoms with Crippen LogP contribution in [0, 0.1) is 12.7 Å². The van der Waals surface area contributed by atoms with Crippen LogP contribution in [0.15, 0.2) is 22.3 Å². The summed E-state index contributed by atoms with van der Waals surface area (Å²) in [6.45, 7) is 3.74. The van der Waals surface area contributed by atoms with E-state index in [2.05, 4.69) is 15.1 Å². The van der Waals surface area contributed by atoms with Crippen LogP contribution in [0.25, 0.3) is 0 Å². The number of rotatable bonds is 3. The molecule has 6 heteroatoms. The number of hydrogen-bond acceptors (Lipinski definition) is 3. The van der Waals surface area contributed by atoms with E-state index in [1.54, 1.807) is 0 Å². The Morgan fingerprint density at radius 2 is 2.00 bits per heavy atom. The first-order valence-electron chi connectivity index (χ1n) is 6.25. The molecular formula is C13H18FN5. The molecular weight excluding hydrogens is 245 g/mol. The quantitative estimate of drug-likeness (QED) is 0.490. The number of anilines is 1. The van der Waals surface area contributed by atoms with Crippen LogP contribution >= 0.6 is 0 Å². The minimum atomic E-state index is -0.237. The molecule has 1 aliphatic heterocycles. The Labute approximate surface area is 111 Å². The normalized spacial score (nSPS) is 15.2. The second-order valence-electron chi connectivity index (χ2n) is 4.62. The first kappa shape index (κ1) is 13.3. The molecule has 0 aromatic heterocycles. The third-order valence-corrected chi connectivity index (χ3v) is 3.15. The third-order valence-electron chi connectivity index (χ3n) is 3.15. The van der Waals surface area contributed by atoms with Gasteiger partial charge in [-0.15, -0.1) is 5.10 Å². The van der Waals surface area contributed by atoms with Crippen LogP contribution in [0.5, 0.6) is 0 Å². The number of halogens is 1. The van der Waals surface area contributed by atoms with Crippen molar-refractivity contribution in [3.8, 4) is 0 Å². The van der Waals surface area contributed by atoms with Crippen molar-refractivity contribution >= 4 is 17.9 Å². The summed E-state index contributed by atoms with van der Waals surface area (Å²) >= 11 is 0. The van der Waals surface area contributed by atoms with Crippen molar-refractivity contribution in [1.29, 1.82) is 0 Å². The first-order valence-corrected chi connectivity index (χ1v) is 6.25. The maximum Gasteiger partial charge on any atom is 0.211 e. The maximum absolute atomic E-state index is 14.1. The highest BCUT2D eigenvalue weighted by atomic mass is 19.1. The molecule has 0 atom stereocenters. The highest BCUT2D eigenvalue weighted by Crippen LogP contribution is 2.26. The average Bonchev–Trinajstić information content (AvgIpc) is 2.86. The lowest BCUT2D eigenvalue weighted by Crippen LogP contribution is -2.21. The number of benzene rings is 1. The topological polar surface area (TPSA) is 80.0 Å². The van der Waals surface area contributed by atoms with E-state index >= 15 is 0 Å². The number of nitrogens with two attached hydrogens (primary N) is 2. The Morgan fingerprint density at radius 1 is 1.32 bits per heavy atom. The predicted molar refractivity (Wildman–Crippen MR) is 76.0 cm³/mol. The van der Waals surface area contributed by atoms with Gasteiger partial charge in [-0.2, -0.15) is 5.10 Å². The predicted octanol–water partition coefficient (Wildman–Crippen LogP) is 1.34. The van der Waals surface area contributed by atoms with E-state index in [0.29, 0.717) is 11.3 Å². The van der Waals surface area contributed by atoms with Gasteiger partial charge in [0.15, 0.2) is 0 Å². The zero-order valence-electron chi connectivity index (χ0n) is 10.9. The summed E-state index contributed by atoms with van der Waals surface area (Å²) in [5.41, 5.74) is 12.6. The number of guanidine groups is 1. The van der Waals surface area contributed by atoms with Crippen LogP contribution in [-0.2, 0) is 0 Å². The minimum Gasteiger partial charge on any atom is -0.369 e. The fourth-order valence-electron chi connectivity index (χ4n) is 2.18. The highest BCUT2D eigenvalue weighted by Gasteiger charge is 2.17. The van der Waals surface area contributed by atoms with Crippen molar-refractivity contribution in [1.82, 2.24) is 0 Å². The highest BCUT2D eigenvalue weighted by molar-refractivity contribution is 5.84. The van der Waals surface area contributed by atoms with Crippen molar-refractivity contribution < 1.29 is 4.39 Å². The zero-order valence-corrected chi connectivity index (χ0v) is 10.9. The van der Waals surface area contributed by atoms with E-state index in [1.165, 1.54) is 12.3 Å². The van der Waals surface area contributed by atoms with Crippen LogP contribution in [0.2, 0.25) is 0 Å². The lowest BCUT2D eigenvalue weighted by molar-refractivity contribution is 0.622. The number of hydrogen-bond donors (Lipinski definition) is 2. The Bertz CT molecular complexity index is 514. The van der Waals surface area contributed by atoms with Crippen molar-refractivity contribution in [2.24, 2.45) is 21.7 Å². The van der Waals surface area contributed by atoms with Crippen molar-refractivity contribution in [3.05, 3.63) is 29.1 Å². The summed E-state index contributed by atoms with van der Waals surface area (Å²) in [7, 11) is 0.